The Bertz CT molecular complexity index is 410. The number of aliphatic hydroxyl groups is 1. The Kier molecular flexibility index (Phi) is 4.61. The van der Waals surface area contributed by atoms with Crippen LogP contribution < -0.4 is 5.32 Å². The van der Waals surface area contributed by atoms with Crippen molar-refractivity contribution in [3.63, 3.8) is 0 Å². The predicted octanol–water partition coefficient (Wildman–Crippen LogP) is 2.72. The van der Waals surface area contributed by atoms with E-state index < -0.39 is 5.54 Å². The van der Waals surface area contributed by atoms with Crippen molar-refractivity contribution >= 4 is 28.5 Å². The number of carbonyl (C=O) groups is 1. The molecule has 0 radical (unpaired) electrons. The highest BCUT2D eigenvalue weighted by Crippen LogP contribution is 2.28. The summed E-state index contributed by atoms with van der Waals surface area (Å²) in [6.07, 6.45) is 5.10. The molecule has 1 saturated carbocycles. The van der Waals surface area contributed by atoms with Gasteiger partial charge in [-0.05, 0) is 59.7 Å². The third-order valence-electron chi connectivity index (χ3n) is 3.60. The number of carbonyl (C=O) groups excluding carboxylic acids is 1. The SMILES string of the molecule is O=C(NC1(CO)CCCCC1)c1ccc(I)cc1. The van der Waals surface area contributed by atoms with E-state index in [0.29, 0.717) is 5.56 Å². The summed E-state index contributed by atoms with van der Waals surface area (Å²) in [5.74, 6) is -0.0812. The Morgan fingerprint density at radius 2 is 1.83 bits per heavy atom. The van der Waals surface area contributed by atoms with Gasteiger partial charge in [0.1, 0.15) is 0 Å². The van der Waals surface area contributed by atoms with Gasteiger partial charge in [0.25, 0.3) is 5.91 Å². The normalized spacial score (nSPS) is 18.3. The number of halogens is 1. The molecule has 1 aliphatic rings. The molecule has 1 aromatic carbocycles. The molecule has 3 nitrogen and oxygen atoms in total. The van der Waals surface area contributed by atoms with Crippen molar-refractivity contribution < 1.29 is 9.90 Å². The lowest BCUT2D eigenvalue weighted by molar-refractivity contribution is 0.0758. The molecule has 4 heteroatoms. The maximum absolute atomic E-state index is 12.2. The van der Waals surface area contributed by atoms with Crippen molar-refractivity contribution in [1.82, 2.24) is 5.32 Å². The Morgan fingerprint density at radius 1 is 1.22 bits per heavy atom. The molecule has 98 valence electrons. The monoisotopic (exact) mass is 359 g/mol. The summed E-state index contributed by atoms with van der Waals surface area (Å²) >= 11 is 2.21. The fraction of sp³-hybridized carbons (Fsp3) is 0.500. The molecule has 0 bridgehead atoms. The van der Waals surface area contributed by atoms with Gasteiger partial charge in [0, 0.05) is 9.13 Å². The zero-order valence-electron chi connectivity index (χ0n) is 10.3. The molecule has 0 unspecified atom stereocenters. The maximum Gasteiger partial charge on any atom is 0.251 e. The van der Waals surface area contributed by atoms with E-state index in [0.717, 1.165) is 29.3 Å². The average molecular weight is 359 g/mol. The van der Waals surface area contributed by atoms with Crippen LogP contribution in [0.25, 0.3) is 0 Å². The second kappa shape index (κ2) is 6.02. The van der Waals surface area contributed by atoms with E-state index in [4.69, 9.17) is 0 Å². The average Bonchev–Trinajstić information content (AvgIpc) is 2.40. The smallest absolute Gasteiger partial charge is 0.251 e. The summed E-state index contributed by atoms with van der Waals surface area (Å²) in [4.78, 5) is 12.2. The molecule has 0 heterocycles. The first-order chi connectivity index (χ1) is 8.65. The van der Waals surface area contributed by atoms with E-state index in [2.05, 4.69) is 27.9 Å². The first-order valence-electron chi connectivity index (χ1n) is 6.34. The lowest BCUT2D eigenvalue weighted by Crippen LogP contribution is -2.52. The van der Waals surface area contributed by atoms with Crippen molar-refractivity contribution in [3.8, 4) is 0 Å². The zero-order chi connectivity index (χ0) is 13.0. The molecule has 0 aromatic heterocycles. The van der Waals surface area contributed by atoms with Gasteiger partial charge >= 0.3 is 0 Å². The minimum absolute atomic E-state index is 0.0309. The Morgan fingerprint density at radius 3 is 2.39 bits per heavy atom. The lowest BCUT2D eigenvalue weighted by Gasteiger charge is -2.36. The molecular weight excluding hydrogens is 341 g/mol. The van der Waals surface area contributed by atoms with Gasteiger partial charge in [-0.1, -0.05) is 19.3 Å². The highest BCUT2D eigenvalue weighted by Gasteiger charge is 2.32. The van der Waals surface area contributed by atoms with Crippen LogP contribution in [-0.2, 0) is 0 Å². The van der Waals surface area contributed by atoms with Crippen LogP contribution in [0.15, 0.2) is 24.3 Å². The first kappa shape index (κ1) is 13.8. The van der Waals surface area contributed by atoms with Gasteiger partial charge in [-0.2, -0.15) is 0 Å². The second-order valence-corrected chi connectivity index (χ2v) is 6.21. The van der Waals surface area contributed by atoms with Crippen LogP contribution in [-0.4, -0.2) is 23.2 Å². The predicted molar refractivity (Wildman–Crippen MR) is 79.5 cm³/mol. The van der Waals surface area contributed by atoms with Crippen molar-refractivity contribution in [3.05, 3.63) is 33.4 Å². The van der Waals surface area contributed by atoms with Gasteiger partial charge in [0.2, 0.25) is 0 Å². The van der Waals surface area contributed by atoms with E-state index in [9.17, 15) is 9.90 Å². The second-order valence-electron chi connectivity index (χ2n) is 4.96. The Hall–Kier alpha value is -0.620. The summed E-state index contributed by atoms with van der Waals surface area (Å²) in [6.45, 7) is 0.0309. The van der Waals surface area contributed by atoms with E-state index >= 15 is 0 Å². The highest BCUT2D eigenvalue weighted by molar-refractivity contribution is 14.1. The summed E-state index contributed by atoms with van der Waals surface area (Å²) < 4.78 is 1.11. The Labute approximate surface area is 121 Å². The van der Waals surface area contributed by atoms with Crippen LogP contribution >= 0.6 is 22.6 Å². The molecule has 2 N–H and O–H groups in total. The minimum atomic E-state index is -0.404. The Balaban J connectivity index is 2.07. The fourth-order valence-electron chi connectivity index (χ4n) is 2.47. The maximum atomic E-state index is 12.2. The molecular formula is C14H18INO2. The zero-order valence-corrected chi connectivity index (χ0v) is 12.4. The lowest BCUT2D eigenvalue weighted by atomic mass is 9.82. The third-order valence-corrected chi connectivity index (χ3v) is 4.32. The largest absolute Gasteiger partial charge is 0.394 e. The topological polar surface area (TPSA) is 49.3 Å². The number of hydrogen-bond acceptors (Lipinski definition) is 2. The van der Waals surface area contributed by atoms with Crippen LogP contribution in [0.2, 0.25) is 0 Å². The van der Waals surface area contributed by atoms with Crippen LogP contribution in [0.5, 0.6) is 0 Å². The minimum Gasteiger partial charge on any atom is -0.394 e. The van der Waals surface area contributed by atoms with Crippen LogP contribution in [0.1, 0.15) is 42.5 Å². The van der Waals surface area contributed by atoms with Crippen molar-refractivity contribution in [2.75, 3.05) is 6.61 Å². The van der Waals surface area contributed by atoms with Gasteiger partial charge in [-0.25, -0.2) is 0 Å². The molecule has 0 atom stereocenters. The highest BCUT2D eigenvalue weighted by atomic mass is 127. The summed E-state index contributed by atoms with van der Waals surface area (Å²) in [5.41, 5.74) is 0.257. The molecule has 0 aliphatic heterocycles. The quantitative estimate of drug-likeness (QED) is 0.816. The van der Waals surface area contributed by atoms with Crippen LogP contribution in [0.3, 0.4) is 0 Å². The van der Waals surface area contributed by atoms with Gasteiger partial charge in [0.15, 0.2) is 0 Å². The van der Waals surface area contributed by atoms with Crippen LogP contribution in [0, 0.1) is 3.57 Å². The number of rotatable bonds is 3. The van der Waals surface area contributed by atoms with E-state index in [-0.39, 0.29) is 12.5 Å². The van der Waals surface area contributed by atoms with Gasteiger partial charge in [-0.15, -0.1) is 0 Å². The standard InChI is InChI=1S/C14H18INO2/c15-12-6-4-11(5-7-12)13(18)16-14(10-17)8-2-1-3-9-14/h4-7,17H,1-3,8-10H2,(H,16,18). The molecule has 1 aromatic rings. The van der Waals surface area contributed by atoms with Gasteiger partial charge in [-0.3, -0.25) is 4.79 Å². The number of hydrogen-bond donors (Lipinski definition) is 2. The molecule has 1 aliphatic carbocycles. The molecule has 0 saturated heterocycles. The van der Waals surface area contributed by atoms with E-state index in [1.165, 1.54) is 6.42 Å². The van der Waals surface area contributed by atoms with Crippen LogP contribution in [0.4, 0.5) is 0 Å². The number of amides is 1. The summed E-state index contributed by atoms with van der Waals surface area (Å²) in [5, 5.41) is 12.6. The number of aliphatic hydroxyl groups excluding tert-OH is 1. The van der Waals surface area contributed by atoms with Crippen molar-refractivity contribution in [2.24, 2.45) is 0 Å². The van der Waals surface area contributed by atoms with Gasteiger partial charge < -0.3 is 10.4 Å². The van der Waals surface area contributed by atoms with E-state index in [1.54, 1.807) is 0 Å². The van der Waals surface area contributed by atoms with Crippen molar-refractivity contribution in [1.29, 1.82) is 0 Å². The summed E-state index contributed by atoms with van der Waals surface area (Å²) in [7, 11) is 0. The summed E-state index contributed by atoms with van der Waals surface area (Å²) in [6, 6.07) is 7.49. The number of benzene rings is 1. The molecule has 1 amide bonds. The molecule has 1 fully saturated rings. The first-order valence-corrected chi connectivity index (χ1v) is 7.42. The molecule has 18 heavy (non-hydrogen) atoms. The third kappa shape index (κ3) is 3.23. The molecule has 0 spiro atoms. The number of nitrogens with one attached hydrogen (secondary N) is 1. The van der Waals surface area contributed by atoms with Crippen molar-refractivity contribution in [2.45, 2.75) is 37.6 Å². The van der Waals surface area contributed by atoms with E-state index in [1.807, 2.05) is 24.3 Å². The fourth-order valence-corrected chi connectivity index (χ4v) is 2.83. The molecule has 2 rings (SSSR count). The van der Waals surface area contributed by atoms with Gasteiger partial charge in [0.05, 0.1) is 12.1 Å².